The number of aliphatic hydroxyl groups excluding tert-OH is 1. The number of hydrogen-bond acceptors (Lipinski definition) is 5. The van der Waals surface area contributed by atoms with Gasteiger partial charge in [0.25, 0.3) is 10.0 Å². The van der Waals surface area contributed by atoms with Crippen molar-refractivity contribution < 1.29 is 18.3 Å². The molecule has 25 heavy (non-hydrogen) atoms. The minimum absolute atomic E-state index is 0.108. The van der Waals surface area contributed by atoms with E-state index in [9.17, 15) is 13.5 Å². The highest BCUT2D eigenvalue weighted by Crippen LogP contribution is 2.38. The van der Waals surface area contributed by atoms with Crippen LogP contribution in [0.2, 0.25) is 0 Å². The van der Waals surface area contributed by atoms with Crippen molar-refractivity contribution in [1.82, 2.24) is 0 Å². The van der Waals surface area contributed by atoms with Gasteiger partial charge in [-0.2, -0.15) is 0 Å². The Balaban J connectivity index is 2.10. The maximum absolute atomic E-state index is 12.8. The lowest BCUT2D eigenvalue weighted by atomic mass is 10.1. The summed E-state index contributed by atoms with van der Waals surface area (Å²) in [6, 6.07) is 13.7. The maximum atomic E-state index is 12.8. The minimum atomic E-state index is -3.99. The molecule has 2 aromatic carbocycles. The fourth-order valence-electron chi connectivity index (χ4n) is 2.61. The normalized spacial score (nSPS) is 15.5. The van der Waals surface area contributed by atoms with Gasteiger partial charge < -0.3 is 15.2 Å². The molecule has 0 unspecified atom stereocenters. The van der Waals surface area contributed by atoms with Crippen LogP contribution in [0.25, 0.3) is 5.76 Å². The third-order valence-corrected chi connectivity index (χ3v) is 6.16. The van der Waals surface area contributed by atoms with Gasteiger partial charge in [-0.25, -0.2) is 8.42 Å². The molecule has 0 amide bonds. The highest BCUT2D eigenvalue weighted by Gasteiger charge is 2.37. The van der Waals surface area contributed by atoms with Crippen LogP contribution in [0.3, 0.4) is 0 Å². The van der Waals surface area contributed by atoms with Crippen LogP contribution in [-0.4, -0.2) is 32.7 Å². The number of sulfonamides is 1. The van der Waals surface area contributed by atoms with Crippen molar-refractivity contribution in [3.8, 4) is 5.75 Å². The number of ether oxygens (including phenoxy) is 1. The highest BCUT2D eigenvalue weighted by atomic mass is 32.2. The van der Waals surface area contributed by atoms with Gasteiger partial charge in [-0.3, -0.25) is 4.31 Å². The average Bonchev–Trinajstić information content (AvgIpc) is 2.60. The number of anilines is 2. The molecule has 0 radical (unpaired) electrons. The van der Waals surface area contributed by atoms with Crippen LogP contribution in [-0.2, 0) is 10.0 Å². The Kier molecular flexibility index (Phi) is 4.40. The van der Waals surface area contributed by atoms with E-state index < -0.39 is 10.0 Å². The lowest BCUT2D eigenvalue weighted by Crippen LogP contribution is -2.36. The zero-order valence-electron chi connectivity index (χ0n) is 13.6. The molecule has 0 saturated heterocycles. The molecule has 2 aromatic rings. The summed E-state index contributed by atoms with van der Waals surface area (Å²) in [6.07, 6.45) is 0. The lowest BCUT2D eigenvalue weighted by molar-refractivity contribution is 0.417. The number of benzene rings is 2. The Bertz CT molecular complexity index is 984. The summed E-state index contributed by atoms with van der Waals surface area (Å²) in [5.41, 5.74) is 1.30. The fourth-order valence-corrected chi connectivity index (χ4v) is 4.47. The standard InChI is InChI=1S/C17H16N2O4S2/c1-19-13-9-5-3-7-11(13)15(20)16(25(19,21)22)17(24)18-12-8-4-6-10-14(12)23-2/h3-10,20H,1-2H3,(H,18,24). The van der Waals surface area contributed by atoms with Crippen LogP contribution in [0, 0.1) is 0 Å². The Labute approximate surface area is 151 Å². The van der Waals surface area contributed by atoms with Crippen LogP contribution >= 0.6 is 12.2 Å². The number of rotatable bonds is 3. The molecular weight excluding hydrogens is 360 g/mol. The average molecular weight is 376 g/mol. The monoisotopic (exact) mass is 376 g/mol. The fraction of sp³-hybridized carbons (Fsp3) is 0.118. The van der Waals surface area contributed by atoms with Crippen molar-refractivity contribution in [2.45, 2.75) is 0 Å². The van der Waals surface area contributed by atoms with Crippen LogP contribution in [0.5, 0.6) is 5.75 Å². The van der Waals surface area contributed by atoms with Crippen LogP contribution in [0.15, 0.2) is 53.4 Å². The number of thiocarbonyl (C=S) groups is 1. The van der Waals surface area contributed by atoms with Gasteiger partial charge in [0.15, 0.2) is 4.91 Å². The summed E-state index contributed by atoms with van der Waals surface area (Å²) in [6.45, 7) is 0. The van der Waals surface area contributed by atoms with Crippen molar-refractivity contribution in [1.29, 1.82) is 0 Å². The molecule has 0 spiro atoms. The first-order valence-electron chi connectivity index (χ1n) is 7.34. The number of aliphatic hydroxyl groups is 1. The molecule has 0 aliphatic carbocycles. The molecule has 3 rings (SSSR count). The second-order valence-electron chi connectivity index (χ2n) is 5.32. The topological polar surface area (TPSA) is 78.9 Å². The Morgan fingerprint density at radius 3 is 2.52 bits per heavy atom. The third kappa shape index (κ3) is 2.83. The summed E-state index contributed by atoms with van der Waals surface area (Å²) >= 11 is 5.28. The van der Waals surface area contributed by atoms with Gasteiger partial charge in [0, 0.05) is 12.6 Å². The van der Waals surface area contributed by atoms with Gasteiger partial charge in [0.2, 0.25) is 0 Å². The molecule has 0 fully saturated rings. The molecule has 1 heterocycles. The number of para-hydroxylation sites is 3. The second-order valence-corrected chi connectivity index (χ2v) is 7.64. The summed E-state index contributed by atoms with van der Waals surface area (Å²) in [5.74, 6) is 0.132. The van der Waals surface area contributed by atoms with Crippen molar-refractivity contribution in [3.05, 3.63) is 59.0 Å². The van der Waals surface area contributed by atoms with Gasteiger partial charge >= 0.3 is 0 Å². The zero-order valence-corrected chi connectivity index (χ0v) is 15.2. The van der Waals surface area contributed by atoms with Gasteiger partial charge in [-0.1, -0.05) is 36.5 Å². The minimum Gasteiger partial charge on any atom is -0.506 e. The van der Waals surface area contributed by atoms with Gasteiger partial charge in [-0.05, 0) is 24.3 Å². The van der Waals surface area contributed by atoms with Gasteiger partial charge in [0.1, 0.15) is 16.5 Å². The molecule has 0 aromatic heterocycles. The van der Waals surface area contributed by atoms with Crippen molar-refractivity contribution >= 4 is 44.4 Å². The van der Waals surface area contributed by atoms with E-state index in [2.05, 4.69) is 5.32 Å². The van der Waals surface area contributed by atoms with E-state index in [-0.39, 0.29) is 15.7 Å². The molecule has 1 aliphatic heterocycles. The van der Waals surface area contributed by atoms with Gasteiger partial charge in [-0.15, -0.1) is 0 Å². The summed E-state index contributed by atoms with van der Waals surface area (Å²) in [7, 11) is -1.06. The Morgan fingerprint density at radius 2 is 1.80 bits per heavy atom. The van der Waals surface area contributed by atoms with E-state index in [0.717, 1.165) is 4.31 Å². The van der Waals surface area contributed by atoms with Crippen molar-refractivity contribution in [2.24, 2.45) is 0 Å². The van der Waals surface area contributed by atoms with Crippen LogP contribution in [0.1, 0.15) is 5.56 Å². The van der Waals surface area contributed by atoms with E-state index in [1.54, 1.807) is 48.5 Å². The molecule has 6 nitrogen and oxygen atoms in total. The maximum Gasteiger partial charge on any atom is 0.270 e. The number of fused-ring (bicyclic) bond motifs is 1. The molecule has 8 heteroatoms. The van der Waals surface area contributed by atoms with Crippen molar-refractivity contribution in [2.75, 3.05) is 23.8 Å². The van der Waals surface area contributed by atoms with E-state index in [4.69, 9.17) is 17.0 Å². The first kappa shape index (κ1) is 17.2. The molecule has 0 bridgehead atoms. The Morgan fingerprint density at radius 1 is 1.16 bits per heavy atom. The molecule has 0 atom stereocenters. The summed E-state index contributed by atoms with van der Waals surface area (Å²) < 4.78 is 32.0. The molecule has 2 N–H and O–H groups in total. The quantitative estimate of drug-likeness (QED) is 0.802. The molecule has 130 valence electrons. The first-order valence-corrected chi connectivity index (χ1v) is 9.18. The van der Waals surface area contributed by atoms with E-state index in [0.29, 0.717) is 22.7 Å². The van der Waals surface area contributed by atoms with E-state index in [1.165, 1.54) is 14.2 Å². The Hall–Kier alpha value is -2.58. The second kappa shape index (κ2) is 6.38. The molecular formula is C17H16N2O4S2. The number of hydrogen-bond donors (Lipinski definition) is 2. The summed E-state index contributed by atoms with van der Waals surface area (Å²) in [4.78, 5) is -0.446. The van der Waals surface area contributed by atoms with Crippen molar-refractivity contribution in [3.63, 3.8) is 0 Å². The molecule has 0 saturated carbocycles. The largest absolute Gasteiger partial charge is 0.506 e. The number of nitrogens with zero attached hydrogens (tertiary/aromatic N) is 1. The predicted molar refractivity (Wildman–Crippen MR) is 103 cm³/mol. The highest BCUT2D eigenvalue weighted by molar-refractivity contribution is 7.99. The van der Waals surface area contributed by atoms with Crippen LogP contribution < -0.4 is 14.4 Å². The summed E-state index contributed by atoms with van der Waals surface area (Å²) in [5, 5.41) is 13.4. The zero-order chi connectivity index (χ0) is 18.2. The smallest absolute Gasteiger partial charge is 0.270 e. The number of nitrogens with one attached hydrogen (secondary N) is 1. The lowest BCUT2D eigenvalue weighted by Gasteiger charge is -2.29. The van der Waals surface area contributed by atoms with E-state index >= 15 is 0 Å². The first-order chi connectivity index (χ1) is 11.9. The van der Waals surface area contributed by atoms with E-state index in [1.807, 2.05) is 0 Å². The SMILES string of the molecule is COc1ccccc1NC(=S)C1=C(O)c2ccccc2N(C)S1(=O)=O. The van der Waals surface area contributed by atoms with Gasteiger partial charge in [0.05, 0.1) is 18.5 Å². The predicted octanol–water partition coefficient (Wildman–Crippen LogP) is 3.14. The van der Waals surface area contributed by atoms with Crippen LogP contribution in [0.4, 0.5) is 11.4 Å². The third-order valence-electron chi connectivity index (χ3n) is 3.89. The number of methoxy groups -OCH3 is 1. The molecule has 1 aliphatic rings.